The molecule has 10 nitrogen and oxygen atoms in total. The van der Waals surface area contributed by atoms with Crippen molar-refractivity contribution < 1.29 is 24.6 Å². The Labute approximate surface area is 294 Å². The van der Waals surface area contributed by atoms with Crippen LogP contribution in [0.5, 0.6) is 0 Å². The van der Waals surface area contributed by atoms with Gasteiger partial charge in [0.2, 0.25) is 17.7 Å². The van der Waals surface area contributed by atoms with Gasteiger partial charge in [0.1, 0.15) is 12.1 Å². The summed E-state index contributed by atoms with van der Waals surface area (Å²) in [4.78, 5) is 49.8. The minimum atomic E-state index is -1.15. The van der Waals surface area contributed by atoms with Crippen molar-refractivity contribution in [2.45, 2.75) is 109 Å². The maximum Gasteiger partial charge on any atom is 0.243 e. The van der Waals surface area contributed by atoms with Crippen LogP contribution in [0.4, 0.5) is 0 Å². The highest BCUT2D eigenvalue weighted by Crippen LogP contribution is 2.29. The number of hydrogen-bond acceptors (Lipinski definition) is 8. The molecule has 1 saturated carbocycles. The molecule has 1 aromatic carbocycles. The molecular formula is C38H53N5O5S. The first kappa shape index (κ1) is 38.1. The highest BCUT2D eigenvalue weighted by atomic mass is 32.1. The fourth-order valence-corrected chi connectivity index (χ4v) is 7.19. The molecule has 1 aliphatic rings. The second kappa shape index (κ2) is 20.1. The Balaban J connectivity index is 1.49. The van der Waals surface area contributed by atoms with Gasteiger partial charge in [-0.15, -0.1) is 11.3 Å². The summed E-state index contributed by atoms with van der Waals surface area (Å²) in [7, 11) is 0. The van der Waals surface area contributed by atoms with Gasteiger partial charge in [0, 0.05) is 43.1 Å². The number of hydrogen-bond donors (Lipinski definition) is 5. The van der Waals surface area contributed by atoms with Crippen molar-refractivity contribution in [3.63, 3.8) is 0 Å². The first-order valence-corrected chi connectivity index (χ1v) is 18.7. The van der Waals surface area contributed by atoms with E-state index in [1.165, 1.54) is 17.8 Å². The molecule has 0 saturated heterocycles. The van der Waals surface area contributed by atoms with Crippen LogP contribution in [0.2, 0.25) is 0 Å². The third kappa shape index (κ3) is 13.3. The Morgan fingerprint density at radius 2 is 1.65 bits per heavy atom. The molecule has 0 aliphatic heterocycles. The van der Waals surface area contributed by atoms with Crippen molar-refractivity contribution in [1.82, 2.24) is 25.9 Å². The number of amides is 3. The van der Waals surface area contributed by atoms with Crippen molar-refractivity contribution in [2.75, 3.05) is 6.54 Å². The van der Waals surface area contributed by atoms with Crippen LogP contribution in [-0.2, 0) is 33.6 Å². The molecule has 1 aliphatic carbocycles. The number of benzene rings is 1. The van der Waals surface area contributed by atoms with Crippen LogP contribution in [0.3, 0.4) is 0 Å². The van der Waals surface area contributed by atoms with Gasteiger partial charge in [0.15, 0.2) is 0 Å². The van der Waals surface area contributed by atoms with Gasteiger partial charge in [-0.2, -0.15) is 0 Å². The molecular weight excluding hydrogens is 639 g/mol. The molecule has 5 N–H and O–H groups in total. The zero-order valence-corrected chi connectivity index (χ0v) is 29.6. The van der Waals surface area contributed by atoms with E-state index in [1.807, 2.05) is 67.8 Å². The van der Waals surface area contributed by atoms with Crippen molar-refractivity contribution in [3.05, 3.63) is 82.6 Å². The van der Waals surface area contributed by atoms with E-state index >= 15 is 0 Å². The maximum absolute atomic E-state index is 14.1. The molecule has 2 heterocycles. The lowest BCUT2D eigenvalue weighted by atomic mass is 9.82. The molecule has 2 aromatic heterocycles. The average Bonchev–Trinajstić information content (AvgIpc) is 3.61. The normalized spacial score (nSPS) is 16.7. The quantitative estimate of drug-likeness (QED) is 0.125. The Morgan fingerprint density at radius 1 is 0.898 bits per heavy atom. The van der Waals surface area contributed by atoms with Crippen molar-refractivity contribution >= 4 is 29.1 Å². The monoisotopic (exact) mass is 691 g/mol. The molecule has 0 unspecified atom stereocenters. The number of pyridine rings is 1. The lowest BCUT2D eigenvalue weighted by Crippen LogP contribution is -2.56. The number of aliphatic hydroxyl groups excluding tert-OH is 2. The second-order valence-electron chi connectivity index (χ2n) is 13.8. The summed E-state index contributed by atoms with van der Waals surface area (Å²) in [6.07, 6.45) is 6.93. The Morgan fingerprint density at radius 3 is 2.33 bits per heavy atom. The van der Waals surface area contributed by atoms with Crippen molar-refractivity contribution in [1.29, 1.82) is 0 Å². The molecule has 266 valence electrons. The largest absolute Gasteiger partial charge is 0.390 e. The highest BCUT2D eigenvalue weighted by Gasteiger charge is 2.34. The Hall–Kier alpha value is -3.67. The molecule has 1 fully saturated rings. The Bertz CT molecular complexity index is 1400. The van der Waals surface area contributed by atoms with Gasteiger partial charge >= 0.3 is 0 Å². The maximum atomic E-state index is 14.1. The highest BCUT2D eigenvalue weighted by molar-refractivity contribution is 7.07. The van der Waals surface area contributed by atoms with E-state index in [2.05, 4.69) is 25.9 Å². The summed E-state index contributed by atoms with van der Waals surface area (Å²) in [5.41, 5.74) is 4.10. The fourth-order valence-electron chi connectivity index (χ4n) is 6.61. The van der Waals surface area contributed by atoms with Gasteiger partial charge in [-0.25, -0.2) is 4.98 Å². The van der Waals surface area contributed by atoms with Crippen LogP contribution in [0, 0.1) is 17.8 Å². The minimum Gasteiger partial charge on any atom is -0.390 e. The number of nitrogens with zero attached hydrogens (tertiary/aromatic N) is 2. The molecule has 5 atom stereocenters. The zero-order valence-electron chi connectivity index (χ0n) is 28.8. The Kier molecular flexibility index (Phi) is 15.7. The SMILES string of the molecule is CC(C)C[C@H](O)[C@H](O)[C@H](CC1CCCCC1)NC(=O)[C@H](Cc1cscn1)NC(=O)[C@@H](CC(=O)NCCc1ccccn1)Cc1ccccc1. The van der Waals surface area contributed by atoms with Crippen LogP contribution < -0.4 is 16.0 Å². The minimum absolute atomic E-state index is 0.0571. The van der Waals surface area contributed by atoms with Gasteiger partial charge in [-0.1, -0.05) is 82.3 Å². The lowest BCUT2D eigenvalue weighted by molar-refractivity contribution is -0.134. The zero-order chi connectivity index (χ0) is 35.0. The van der Waals surface area contributed by atoms with Gasteiger partial charge in [-0.3, -0.25) is 19.4 Å². The lowest BCUT2D eigenvalue weighted by Gasteiger charge is -2.33. The number of rotatable bonds is 19. The van der Waals surface area contributed by atoms with Gasteiger partial charge in [0.25, 0.3) is 0 Å². The number of carbonyl (C=O) groups is 3. The fraction of sp³-hybridized carbons (Fsp3) is 0.553. The summed E-state index contributed by atoms with van der Waals surface area (Å²) < 4.78 is 0. The smallest absolute Gasteiger partial charge is 0.243 e. The van der Waals surface area contributed by atoms with E-state index in [4.69, 9.17) is 0 Å². The van der Waals surface area contributed by atoms with Crippen LogP contribution in [0.15, 0.2) is 65.6 Å². The topological polar surface area (TPSA) is 154 Å². The van der Waals surface area contributed by atoms with Crippen LogP contribution in [0.1, 0.15) is 82.2 Å². The number of carbonyl (C=O) groups excluding carboxylic acids is 3. The van der Waals surface area contributed by atoms with E-state index in [0.29, 0.717) is 43.8 Å². The van der Waals surface area contributed by atoms with E-state index in [1.54, 1.807) is 11.7 Å². The summed E-state index contributed by atoms with van der Waals surface area (Å²) >= 11 is 1.40. The summed E-state index contributed by atoms with van der Waals surface area (Å²) in [5, 5.41) is 32.9. The summed E-state index contributed by atoms with van der Waals surface area (Å²) in [6, 6.07) is 13.5. The molecule has 0 spiro atoms. The molecule has 3 aromatic rings. The predicted octanol–water partition coefficient (Wildman–Crippen LogP) is 4.40. The average molecular weight is 692 g/mol. The van der Waals surface area contributed by atoms with Gasteiger partial charge < -0.3 is 26.2 Å². The molecule has 49 heavy (non-hydrogen) atoms. The second-order valence-corrected chi connectivity index (χ2v) is 14.5. The summed E-state index contributed by atoms with van der Waals surface area (Å²) in [5.74, 6) is -1.36. The van der Waals surface area contributed by atoms with E-state index < -0.39 is 42.0 Å². The molecule has 3 amide bonds. The third-order valence-electron chi connectivity index (χ3n) is 9.25. The molecule has 4 rings (SSSR count). The summed E-state index contributed by atoms with van der Waals surface area (Å²) in [6.45, 7) is 4.35. The molecule has 0 bridgehead atoms. The van der Waals surface area contributed by atoms with E-state index in [0.717, 1.165) is 36.9 Å². The number of aromatic nitrogens is 2. The third-order valence-corrected chi connectivity index (χ3v) is 9.88. The first-order valence-electron chi connectivity index (χ1n) is 17.7. The number of nitrogens with one attached hydrogen (secondary N) is 3. The van der Waals surface area contributed by atoms with Crippen LogP contribution in [-0.4, -0.2) is 68.7 Å². The first-order chi connectivity index (χ1) is 23.7. The van der Waals surface area contributed by atoms with Crippen LogP contribution >= 0.6 is 11.3 Å². The number of aliphatic hydroxyl groups is 2. The molecule has 0 radical (unpaired) electrons. The molecule has 11 heteroatoms. The van der Waals surface area contributed by atoms with E-state index in [9.17, 15) is 24.6 Å². The van der Waals surface area contributed by atoms with E-state index in [-0.39, 0.29) is 24.7 Å². The number of thiazole rings is 1. The van der Waals surface area contributed by atoms with Crippen molar-refractivity contribution in [3.8, 4) is 0 Å². The van der Waals surface area contributed by atoms with Crippen molar-refractivity contribution in [2.24, 2.45) is 17.8 Å². The van der Waals surface area contributed by atoms with Gasteiger partial charge in [0.05, 0.1) is 29.3 Å². The standard InChI is InChI=1S/C38H53N5O5S/c1-26(2)19-34(44)36(46)32(21-28-13-7-4-8-14-28)42-38(48)33(23-31-24-49-25-41-31)43-37(47)29(20-27-11-5-3-6-12-27)22-35(45)40-18-16-30-15-9-10-17-39-30/h3,5-6,9-12,15,17,24-26,28-29,32-34,36,44,46H,4,7-8,13-14,16,18-23H2,1-2H3,(H,40,45)(H,42,48)(H,43,47)/t29-,32+,33+,34+,36-/m1/s1. The van der Waals surface area contributed by atoms with Gasteiger partial charge in [-0.05, 0) is 48.8 Å². The van der Waals surface area contributed by atoms with Crippen LogP contribution in [0.25, 0.3) is 0 Å². The predicted molar refractivity (Wildman–Crippen MR) is 192 cm³/mol.